The summed E-state index contributed by atoms with van der Waals surface area (Å²) in [6, 6.07) is 10.1. The number of rotatable bonds is 5. The number of nitrogens with zero attached hydrogens (tertiary/aromatic N) is 3. The summed E-state index contributed by atoms with van der Waals surface area (Å²) in [6.07, 6.45) is 1.86. The number of methoxy groups -OCH3 is 1. The predicted octanol–water partition coefficient (Wildman–Crippen LogP) is 3.09. The number of hydrogen-bond acceptors (Lipinski definition) is 5. The summed E-state index contributed by atoms with van der Waals surface area (Å²) >= 11 is 6.18. The molecule has 1 amide bonds. The van der Waals surface area contributed by atoms with Gasteiger partial charge in [-0.25, -0.2) is 9.78 Å². The number of imidazole rings is 1. The molecule has 1 N–H and O–H groups in total. The zero-order valence-corrected chi connectivity index (χ0v) is 15.9. The van der Waals surface area contributed by atoms with Crippen molar-refractivity contribution in [3.63, 3.8) is 0 Å². The average molecular weight is 387 g/mol. The van der Waals surface area contributed by atoms with E-state index in [-0.39, 0.29) is 0 Å². The minimum Gasteiger partial charge on any atom is -0.465 e. The van der Waals surface area contributed by atoms with E-state index in [1.54, 1.807) is 0 Å². The lowest BCUT2D eigenvalue weighted by molar-refractivity contribution is 0.0600. The van der Waals surface area contributed by atoms with Crippen LogP contribution in [0.15, 0.2) is 42.6 Å². The lowest BCUT2D eigenvalue weighted by Crippen LogP contribution is -2.19. The lowest BCUT2D eigenvalue weighted by Gasteiger charge is -2.12. The number of hydrogen-bond donors (Lipinski definition) is 1. The fourth-order valence-corrected chi connectivity index (χ4v) is 2.89. The number of amides is 1. The van der Waals surface area contributed by atoms with Crippen molar-refractivity contribution >= 4 is 34.8 Å². The first-order valence-corrected chi connectivity index (χ1v) is 8.58. The number of ether oxygens (including phenoxy) is 1. The highest BCUT2D eigenvalue weighted by Crippen LogP contribution is 2.25. The molecule has 0 spiro atoms. The number of esters is 1. The van der Waals surface area contributed by atoms with E-state index >= 15 is 0 Å². The molecule has 0 aliphatic heterocycles. The van der Waals surface area contributed by atoms with Crippen LogP contribution in [0, 0.1) is 0 Å². The highest BCUT2D eigenvalue weighted by molar-refractivity contribution is 6.34. The molecule has 0 bridgehead atoms. The molecule has 0 aliphatic carbocycles. The second-order valence-corrected chi connectivity index (χ2v) is 6.62. The van der Waals surface area contributed by atoms with E-state index in [2.05, 4.69) is 10.3 Å². The molecule has 3 aromatic rings. The Labute approximate surface area is 161 Å². The number of nitrogens with one attached hydrogen (secondary N) is 1. The summed E-state index contributed by atoms with van der Waals surface area (Å²) < 4.78 is 6.58. The van der Waals surface area contributed by atoms with Gasteiger partial charge in [0.05, 0.1) is 29.1 Å². The highest BCUT2D eigenvalue weighted by atomic mass is 35.5. The Morgan fingerprint density at radius 2 is 2.04 bits per heavy atom. The van der Waals surface area contributed by atoms with Crippen LogP contribution in [0.4, 0.5) is 5.69 Å². The third kappa shape index (κ3) is 3.94. The Kier molecular flexibility index (Phi) is 5.43. The molecule has 0 saturated heterocycles. The van der Waals surface area contributed by atoms with E-state index < -0.39 is 11.9 Å². The van der Waals surface area contributed by atoms with Gasteiger partial charge in [-0.05, 0) is 44.4 Å². The smallest absolute Gasteiger partial charge is 0.337 e. The number of benzene rings is 1. The van der Waals surface area contributed by atoms with Crippen molar-refractivity contribution in [1.29, 1.82) is 0 Å². The molecule has 7 nitrogen and oxygen atoms in total. The number of halogens is 1. The van der Waals surface area contributed by atoms with Gasteiger partial charge in [-0.15, -0.1) is 0 Å². The molecule has 0 saturated carbocycles. The zero-order valence-electron chi connectivity index (χ0n) is 15.2. The summed E-state index contributed by atoms with van der Waals surface area (Å²) in [5, 5.41) is 3.06. The number of fused-ring (bicyclic) bond motifs is 1. The first-order chi connectivity index (χ1) is 12.9. The number of pyridine rings is 1. The topological polar surface area (TPSA) is 75.9 Å². The summed E-state index contributed by atoms with van der Waals surface area (Å²) in [5.74, 6) is -0.914. The lowest BCUT2D eigenvalue weighted by atomic mass is 10.2. The number of aromatic nitrogens is 2. The zero-order chi connectivity index (χ0) is 19.6. The molecular formula is C19H19ClN4O3. The second-order valence-electron chi connectivity index (χ2n) is 6.21. The molecule has 140 valence electrons. The van der Waals surface area contributed by atoms with E-state index in [0.29, 0.717) is 34.2 Å². The molecule has 0 atom stereocenters. The first kappa shape index (κ1) is 18.9. The Bertz CT molecular complexity index is 1010. The molecule has 2 heterocycles. The van der Waals surface area contributed by atoms with E-state index in [1.165, 1.54) is 25.3 Å². The molecule has 27 heavy (non-hydrogen) atoms. The molecule has 0 aliphatic rings. The minimum absolute atomic E-state index is 0.292. The van der Waals surface area contributed by atoms with Crippen LogP contribution in [0.1, 0.15) is 26.5 Å². The fraction of sp³-hybridized carbons (Fsp3) is 0.211. The Hall–Kier alpha value is -2.90. The SMILES string of the molecule is COC(=O)c1ccc(Cl)c(NC(=O)c2nc3ccccn3c2CN(C)C)c1. The molecule has 8 heteroatoms. The molecular weight excluding hydrogens is 368 g/mol. The molecule has 0 fully saturated rings. The van der Waals surface area contributed by atoms with E-state index in [4.69, 9.17) is 16.3 Å². The van der Waals surface area contributed by atoms with Crippen LogP contribution in [0.2, 0.25) is 5.02 Å². The van der Waals surface area contributed by atoms with Gasteiger partial charge in [0.2, 0.25) is 0 Å². The second kappa shape index (κ2) is 7.77. The molecule has 0 radical (unpaired) electrons. The number of carbonyl (C=O) groups excluding carboxylic acids is 2. The number of anilines is 1. The van der Waals surface area contributed by atoms with Crippen LogP contribution in [0.3, 0.4) is 0 Å². The number of carbonyl (C=O) groups is 2. The first-order valence-electron chi connectivity index (χ1n) is 8.20. The van der Waals surface area contributed by atoms with Crippen LogP contribution >= 0.6 is 11.6 Å². The molecule has 3 rings (SSSR count). The van der Waals surface area contributed by atoms with Gasteiger partial charge in [0.25, 0.3) is 5.91 Å². The maximum Gasteiger partial charge on any atom is 0.337 e. The van der Waals surface area contributed by atoms with Gasteiger partial charge >= 0.3 is 5.97 Å². The van der Waals surface area contributed by atoms with Crippen molar-refractivity contribution in [3.8, 4) is 0 Å². The monoisotopic (exact) mass is 386 g/mol. The van der Waals surface area contributed by atoms with Crippen molar-refractivity contribution in [2.24, 2.45) is 0 Å². The van der Waals surface area contributed by atoms with Crippen molar-refractivity contribution in [3.05, 3.63) is 64.6 Å². The normalized spacial score (nSPS) is 11.0. The Balaban J connectivity index is 1.98. The molecule has 0 unspecified atom stereocenters. The standard InChI is InChI=1S/C19H19ClN4O3/c1-23(2)11-15-17(22-16-6-4-5-9-24(15)16)18(25)21-14-10-12(19(26)27-3)7-8-13(14)20/h4-10H,11H2,1-3H3,(H,21,25). The predicted molar refractivity (Wildman–Crippen MR) is 103 cm³/mol. The summed E-state index contributed by atoms with van der Waals surface area (Å²) in [4.78, 5) is 31.0. The van der Waals surface area contributed by atoms with Crippen LogP contribution in [0.25, 0.3) is 5.65 Å². The van der Waals surface area contributed by atoms with E-state index in [0.717, 1.165) is 5.69 Å². The van der Waals surface area contributed by atoms with Crippen LogP contribution < -0.4 is 5.32 Å². The fourth-order valence-electron chi connectivity index (χ4n) is 2.73. The van der Waals surface area contributed by atoms with Gasteiger partial charge in [-0.2, -0.15) is 0 Å². The van der Waals surface area contributed by atoms with Crippen molar-refractivity contribution in [2.45, 2.75) is 6.54 Å². The van der Waals surface area contributed by atoms with Gasteiger partial charge in [0, 0.05) is 12.7 Å². The average Bonchev–Trinajstić information content (AvgIpc) is 3.01. The van der Waals surface area contributed by atoms with E-state index in [9.17, 15) is 9.59 Å². The van der Waals surface area contributed by atoms with Crippen molar-refractivity contribution < 1.29 is 14.3 Å². The minimum atomic E-state index is -0.511. The maximum absolute atomic E-state index is 12.9. The van der Waals surface area contributed by atoms with Gasteiger partial charge < -0.3 is 19.4 Å². The van der Waals surface area contributed by atoms with Gasteiger partial charge in [-0.3, -0.25) is 4.79 Å². The van der Waals surface area contributed by atoms with Crippen molar-refractivity contribution in [2.75, 3.05) is 26.5 Å². The van der Waals surface area contributed by atoms with Gasteiger partial charge in [0.1, 0.15) is 5.65 Å². The van der Waals surface area contributed by atoms with Crippen LogP contribution in [-0.4, -0.2) is 47.4 Å². The maximum atomic E-state index is 12.9. The Morgan fingerprint density at radius 1 is 1.26 bits per heavy atom. The molecule has 1 aromatic carbocycles. The third-order valence-electron chi connectivity index (χ3n) is 3.95. The highest BCUT2D eigenvalue weighted by Gasteiger charge is 2.20. The van der Waals surface area contributed by atoms with Gasteiger partial charge in [0.15, 0.2) is 5.69 Å². The largest absolute Gasteiger partial charge is 0.465 e. The Morgan fingerprint density at radius 3 is 2.74 bits per heavy atom. The van der Waals surface area contributed by atoms with E-state index in [1.807, 2.05) is 47.8 Å². The summed E-state index contributed by atoms with van der Waals surface area (Å²) in [6.45, 7) is 0.532. The summed E-state index contributed by atoms with van der Waals surface area (Å²) in [5.41, 5.74) is 2.34. The van der Waals surface area contributed by atoms with Crippen molar-refractivity contribution in [1.82, 2.24) is 14.3 Å². The third-order valence-corrected chi connectivity index (χ3v) is 4.28. The van der Waals surface area contributed by atoms with Gasteiger partial charge in [-0.1, -0.05) is 17.7 Å². The van der Waals surface area contributed by atoms with Crippen LogP contribution in [-0.2, 0) is 11.3 Å². The summed E-state index contributed by atoms with van der Waals surface area (Å²) in [7, 11) is 5.13. The quantitative estimate of drug-likeness (QED) is 0.682. The van der Waals surface area contributed by atoms with Crippen LogP contribution in [0.5, 0.6) is 0 Å². The molecule has 2 aromatic heterocycles.